The second kappa shape index (κ2) is 6.12. The van der Waals surface area contributed by atoms with Crippen molar-refractivity contribution < 1.29 is 31.4 Å². The number of ether oxygens (including phenoxy) is 1. The average molecular weight is 234 g/mol. The normalized spacial score (nSPS) is 12.0. The van der Waals surface area contributed by atoms with E-state index in [1.54, 1.807) is 0 Å². The Morgan fingerprint density at radius 2 is 2.29 bits per heavy atom. The molecule has 0 unspecified atom stereocenters. The predicted octanol–water partition coefficient (Wildman–Crippen LogP) is -0.685. The standard InChI is InChI=1S/C7H7N2O4.V/c1-5(7(10)13-2)3-6(4-8)9(11)12;/h1,3H,8H2,2H3;/q-1;/b5-3+;. The van der Waals surface area contributed by atoms with Crippen molar-refractivity contribution in [3.05, 3.63) is 33.7 Å². The third-order valence-electron chi connectivity index (χ3n) is 1.20. The van der Waals surface area contributed by atoms with E-state index in [1.807, 2.05) is 23.2 Å². The van der Waals surface area contributed by atoms with Crippen molar-refractivity contribution in [2.45, 2.75) is 0 Å². The van der Waals surface area contributed by atoms with Gasteiger partial charge in [0.2, 0.25) is 0 Å². The van der Waals surface area contributed by atoms with E-state index < -0.39 is 16.6 Å². The summed E-state index contributed by atoms with van der Waals surface area (Å²) in [5.41, 5.74) is 4.41. The number of allylic oxidation sites excluding steroid dienone is 1. The van der Waals surface area contributed by atoms with Crippen LogP contribution in [0.3, 0.4) is 0 Å². The molecule has 2 N–H and O–H groups in total. The number of nitro groups is 1. The first-order valence-corrected chi connectivity index (χ1v) is 4.12. The summed E-state index contributed by atoms with van der Waals surface area (Å²) in [4.78, 5) is 20.5. The van der Waals surface area contributed by atoms with Crippen molar-refractivity contribution >= 4 is 10.7 Å². The van der Waals surface area contributed by atoms with Gasteiger partial charge in [-0.2, -0.15) is 0 Å². The summed E-state index contributed by atoms with van der Waals surface area (Å²) in [5.74, 6) is -0.680. The zero-order chi connectivity index (χ0) is 11.1. The molecule has 6 nitrogen and oxygen atoms in total. The fraction of sp³-hybridized carbons (Fsp3) is 0.143. The molecule has 0 heterocycles. The van der Waals surface area contributed by atoms with Gasteiger partial charge in [-0.15, -0.1) is 0 Å². The Bertz CT molecular complexity index is 322. The van der Waals surface area contributed by atoms with Gasteiger partial charge in [-0.25, -0.2) is 0 Å². The Morgan fingerprint density at radius 3 is 2.57 bits per heavy atom. The third kappa shape index (κ3) is 3.55. The molecule has 0 rings (SSSR count). The van der Waals surface area contributed by atoms with Crippen molar-refractivity contribution in [2.24, 2.45) is 5.73 Å². The Morgan fingerprint density at radius 1 is 1.71 bits per heavy atom. The number of methoxy groups -OCH3 is 1. The van der Waals surface area contributed by atoms with Crippen LogP contribution in [0.2, 0.25) is 0 Å². The molecule has 0 saturated heterocycles. The zero-order valence-electron chi connectivity index (χ0n) is 7.26. The maximum absolute atomic E-state index is 11.0. The summed E-state index contributed by atoms with van der Waals surface area (Å²) >= 11 is 1.99. The van der Waals surface area contributed by atoms with Crippen LogP contribution < -0.4 is 5.73 Å². The summed E-state index contributed by atoms with van der Waals surface area (Å²) in [6, 6.07) is 0. The van der Waals surface area contributed by atoms with Gasteiger partial charge in [-0.3, -0.25) is 0 Å². The molecule has 0 aliphatic rings. The zero-order valence-corrected chi connectivity index (χ0v) is 8.66. The topological polar surface area (TPSA) is 95.5 Å². The van der Waals surface area contributed by atoms with Crippen LogP contribution in [0.1, 0.15) is 0 Å². The molecule has 0 saturated carbocycles. The molecule has 0 spiro atoms. The van der Waals surface area contributed by atoms with E-state index >= 15 is 0 Å². The summed E-state index contributed by atoms with van der Waals surface area (Å²) in [6.45, 7) is 0. The maximum atomic E-state index is 11.0. The van der Waals surface area contributed by atoms with E-state index in [2.05, 4.69) is 4.74 Å². The molecule has 75 valence electrons. The van der Waals surface area contributed by atoms with E-state index in [9.17, 15) is 14.9 Å². The molecule has 7 heteroatoms. The van der Waals surface area contributed by atoms with Gasteiger partial charge in [0.25, 0.3) is 0 Å². The molecule has 0 aromatic rings. The van der Waals surface area contributed by atoms with Gasteiger partial charge in [-0.05, 0) is 0 Å². The predicted molar refractivity (Wildman–Crippen MR) is 44.1 cm³/mol. The first-order chi connectivity index (χ1) is 6.56. The van der Waals surface area contributed by atoms with E-state index in [4.69, 9.17) is 5.73 Å². The van der Waals surface area contributed by atoms with Gasteiger partial charge >= 0.3 is 88.6 Å². The van der Waals surface area contributed by atoms with Crippen LogP contribution in [0.25, 0.3) is 0 Å². The van der Waals surface area contributed by atoms with Crippen LogP contribution in [-0.4, -0.2) is 22.7 Å². The van der Waals surface area contributed by atoms with Crippen molar-refractivity contribution in [1.29, 1.82) is 0 Å². The number of hydrogen-bond donors (Lipinski definition) is 1. The molecular weight excluding hydrogens is 227 g/mol. The molecular formula is C7H7N2O4V-. The van der Waals surface area contributed by atoms with Gasteiger partial charge in [0.05, 0.1) is 0 Å². The van der Waals surface area contributed by atoms with Crippen molar-refractivity contribution in [1.82, 2.24) is 0 Å². The van der Waals surface area contributed by atoms with Gasteiger partial charge in [0.1, 0.15) is 0 Å². The van der Waals surface area contributed by atoms with Crippen LogP contribution in [0.15, 0.2) is 17.3 Å². The third-order valence-corrected chi connectivity index (χ3v) is 1.63. The Labute approximate surface area is 89.1 Å². The van der Waals surface area contributed by atoms with E-state index in [0.717, 1.165) is 6.08 Å². The van der Waals surface area contributed by atoms with Crippen LogP contribution >= 0.6 is 0 Å². The molecule has 0 amide bonds. The summed E-state index contributed by atoms with van der Waals surface area (Å²) in [5, 5.41) is 10.3. The minimum absolute atomic E-state index is 0.0251. The molecule has 0 aliphatic carbocycles. The van der Waals surface area contributed by atoms with Gasteiger partial charge < -0.3 is 0 Å². The van der Waals surface area contributed by atoms with Crippen molar-refractivity contribution in [2.75, 3.05) is 7.11 Å². The van der Waals surface area contributed by atoms with Crippen LogP contribution in [0.4, 0.5) is 0 Å². The Hall–Kier alpha value is -1.40. The van der Waals surface area contributed by atoms with Gasteiger partial charge in [0, 0.05) is 0 Å². The summed E-state index contributed by atoms with van der Waals surface area (Å²) < 4.78 is 5.69. The molecule has 0 bridgehead atoms. The number of carbonyl (C=O) groups is 1. The minimum atomic E-state index is -0.751. The van der Waals surface area contributed by atoms with Crippen LogP contribution in [0, 0.1) is 16.3 Å². The number of hydrogen-bond acceptors (Lipinski definition) is 5. The number of nitrogens with zero attached hydrogens (tertiary/aromatic N) is 1. The van der Waals surface area contributed by atoms with Crippen LogP contribution in [-0.2, 0) is 26.5 Å². The van der Waals surface area contributed by atoms with Gasteiger partial charge in [-0.1, -0.05) is 0 Å². The SMILES string of the molecule is COC(=O)/C([CH]=[V])=C/C(=[C-]N)[N+](=O)[O-]. The molecule has 0 atom stereocenters. The van der Waals surface area contributed by atoms with E-state index in [-0.39, 0.29) is 5.57 Å². The average Bonchev–Trinajstić information content (AvgIpc) is 2.18. The van der Waals surface area contributed by atoms with Gasteiger partial charge in [0.15, 0.2) is 0 Å². The van der Waals surface area contributed by atoms with Crippen LogP contribution in [0.5, 0.6) is 0 Å². The number of rotatable bonds is 4. The Kier molecular flexibility index (Phi) is 5.51. The number of nitrogens with two attached hydrogens (primary N) is 1. The van der Waals surface area contributed by atoms with E-state index in [0.29, 0.717) is 0 Å². The molecule has 0 fully saturated rings. The number of esters is 1. The molecule has 0 aromatic carbocycles. The van der Waals surface area contributed by atoms with Crippen molar-refractivity contribution in [3.8, 4) is 0 Å². The molecule has 0 aliphatic heterocycles. The Balaban J connectivity index is 5.01. The van der Waals surface area contributed by atoms with E-state index in [1.165, 1.54) is 11.8 Å². The molecule has 0 radical (unpaired) electrons. The first-order valence-electron chi connectivity index (χ1n) is 3.32. The quantitative estimate of drug-likeness (QED) is 0.132. The molecule has 14 heavy (non-hydrogen) atoms. The monoisotopic (exact) mass is 234 g/mol. The fourth-order valence-corrected chi connectivity index (χ4v) is 0.842. The first kappa shape index (κ1) is 12.6. The summed E-state index contributed by atoms with van der Waals surface area (Å²) in [6.07, 6.45) is 2.83. The number of carbonyl (C=O) groups excluding carboxylic acids is 1. The second-order valence-corrected chi connectivity index (χ2v) is 2.41. The fourth-order valence-electron chi connectivity index (χ4n) is 0.561. The summed E-state index contributed by atoms with van der Waals surface area (Å²) in [7, 11) is 1.17. The second-order valence-electron chi connectivity index (χ2n) is 2.01. The van der Waals surface area contributed by atoms with Crippen molar-refractivity contribution in [3.63, 3.8) is 0 Å². The molecule has 0 aromatic heterocycles.